The zero-order valence-electron chi connectivity index (χ0n) is 32.2. The SMILES string of the molecule is C/C=C/CC/C=C/CC/C=C/C(O)C(COC1OC(CO)C(O)C(OS(=O)(=O)O)C1O)NC(=O)C(O)CCCCCCCCCCCCCCCCC. The average molecular weight is 778 g/mol. The van der Waals surface area contributed by atoms with Gasteiger partial charge in [-0.05, 0) is 39.0 Å². The van der Waals surface area contributed by atoms with Crippen LogP contribution in [0.15, 0.2) is 36.5 Å². The van der Waals surface area contributed by atoms with E-state index in [9.17, 15) is 38.7 Å². The Bertz CT molecular complexity index is 1120. The molecular weight excluding hydrogens is 706 g/mol. The Hall–Kier alpha value is -1.72. The first-order valence-corrected chi connectivity index (χ1v) is 21.3. The molecule has 1 rings (SSSR count). The maximum absolute atomic E-state index is 13.0. The number of amides is 1. The molecule has 7 N–H and O–H groups in total. The molecular formula is C39H71NO12S. The van der Waals surface area contributed by atoms with Gasteiger partial charge in [0, 0.05) is 0 Å². The number of ether oxygens (including phenoxy) is 2. The van der Waals surface area contributed by atoms with Crippen molar-refractivity contribution in [3.05, 3.63) is 36.5 Å². The zero-order valence-corrected chi connectivity index (χ0v) is 33.0. The smallest absolute Gasteiger partial charge is 0.394 e. The maximum atomic E-state index is 13.0. The summed E-state index contributed by atoms with van der Waals surface area (Å²) in [5, 5.41) is 54.8. The number of nitrogens with one attached hydrogen (secondary N) is 1. The van der Waals surface area contributed by atoms with Crippen molar-refractivity contribution < 1.29 is 57.0 Å². The lowest BCUT2D eigenvalue weighted by atomic mass is 9.99. The van der Waals surface area contributed by atoms with E-state index in [1.54, 1.807) is 6.08 Å². The minimum Gasteiger partial charge on any atom is -0.394 e. The molecule has 1 aliphatic rings. The summed E-state index contributed by atoms with van der Waals surface area (Å²) in [6, 6.07) is -1.14. The van der Waals surface area contributed by atoms with Crippen LogP contribution in [0.5, 0.6) is 0 Å². The standard InChI is InChI=1S/C39H71NO12S/c1-3-5-7-9-11-13-14-15-16-17-18-20-22-24-26-28-33(43)38(46)40-31(32(42)27-25-23-21-19-12-10-8-6-4-2)30-50-39-36(45)37(52-53(47,48)49)35(44)34(29-41)51-39/h4,6,12,19,25,27,31-37,39,41-45H,3,5,7-11,13-18,20-24,26,28-30H2,1-2H3,(H,40,46)(H,47,48,49)/b6-4+,19-12+,27-25+. The van der Waals surface area contributed by atoms with Gasteiger partial charge in [-0.3, -0.25) is 9.35 Å². The Morgan fingerprint density at radius 3 is 1.81 bits per heavy atom. The molecule has 1 saturated heterocycles. The molecule has 0 aromatic rings. The number of unbranched alkanes of at least 4 members (excludes halogenated alkanes) is 16. The highest BCUT2D eigenvalue weighted by molar-refractivity contribution is 7.80. The molecule has 14 heteroatoms. The highest BCUT2D eigenvalue weighted by atomic mass is 32.3. The number of rotatable bonds is 32. The summed E-state index contributed by atoms with van der Waals surface area (Å²) in [4.78, 5) is 13.0. The quantitative estimate of drug-likeness (QED) is 0.0262. The molecule has 53 heavy (non-hydrogen) atoms. The van der Waals surface area contributed by atoms with Crippen LogP contribution < -0.4 is 5.32 Å². The lowest BCUT2D eigenvalue weighted by Gasteiger charge is -2.41. The van der Waals surface area contributed by atoms with Crippen LogP contribution in [-0.2, 0) is 28.9 Å². The van der Waals surface area contributed by atoms with Gasteiger partial charge in [0.2, 0.25) is 5.91 Å². The summed E-state index contributed by atoms with van der Waals surface area (Å²) in [5.74, 6) is -0.721. The minimum absolute atomic E-state index is 0.235. The van der Waals surface area contributed by atoms with Crippen molar-refractivity contribution >= 4 is 16.3 Å². The second-order valence-corrected chi connectivity index (χ2v) is 15.1. The van der Waals surface area contributed by atoms with E-state index in [4.69, 9.17) is 14.0 Å². The van der Waals surface area contributed by atoms with Crippen molar-refractivity contribution in [2.75, 3.05) is 13.2 Å². The van der Waals surface area contributed by atoms with Crippen LogP contribution in [-0.4, -0.2) is 107 Å². The lowest BCUT2D eigenvalue weighted by molar-refractivity contribution is -0.298. The molecule has 0 aromatic heterocycles. The van der Waals surface area contributed by atoms with Crippen LogP contribution in [0.25, 0.3) is 0 Å². The predicted octanol–water partition coefficient (Wildman–Crippen LogP) is 5.35. The van der Waals surface area contributed by atoms with Crippen LogP contribution in [0.2, 0.25) is 0 Å². The van der Waals surface area contributed by atoms with Crippen molar-refractivity contribution in [1.82, 2.24) is 5.32 Å². The van der Waals surface area contributed by atoms with Gasteiger partial charge < -0.3 is 40.3 Å². The van der Waals surface area contributed by atoms with Gasteiger partial charge in [0.15, 0.2) is 6.29 Å². The number of carbonyl (C=O) groups excluding carboxylic acids is 1. The van der Waals surface area contributed by atoms with E-state index < -0.39 is 78.5 Å². The summed E-state index contributed by atoms with van der Waals surface area (Å²) in [6.45, 7) is 2.92. The van der Waals surface area contributed by atoms with E-state index in [0.717, 1.165) is 38.5 Å². The van der Waals surface area contributed by atoms with Crippen molar-refractivity contribution in [2.45, 2.75) is 191 Å². The second-order valence-electron chi connectivity index (χ2n) is 14.0. The molecule has 0 aliphatic carbocycles. The number of aliphatic hydroxyl groups excluding tert-OH is 5. The van der Waals surface area contributed by atoms with Crippen molar-refractivity contribution in [3.8, 4) is 0 Å². The van der Waals surface area contributed by atoms with Gasteiger partial charge >= 0.3 is 10.4 Å². The largest absolute Gasteiger partial charge is 0.397 e. The van der Waals surface area contributed by atoms with Gasteiger partial charge in [-0.25, -0.2) is 4.18 Å². The summed E-state index contributed by atoms with van der Waals surface area (Å²) in [5.41, 5.74) is 0. The Balaban J connectivity index is 2.64. The van der Waals surface area contributed by atoms with E-state index in [-0.39, 0.29) is 6.42 Å². The third kappa shape index (κ3) is 23.7. The Kier molecular flexibility index (Phi) is 28.4. The Morgan fingerprint density at radius 2 is 1.30 bits per heavy atom. The van der Waals surface area contributed by atoms with Gasteiger partial charge in [0.1, 0.15) is 30.5 Å². The number of hydrogen-bond acceptors (Lipinski definition) is 11. The third-order valence-corrected chi connectivity index (χ3v) is 9.82. The highest BCUT2D eigenvalue weighted by Crippen LogP contribution is 2.26. The molecule has 310 valence electrons. The molecule has 0 bridgehead atoms. The molecule has 0 aromatic carbocycles. The van der Waals surface area contributed by atoms with Gasteiger partial charge in [-0.1, -0.05) is 140 Å². The number of aliphatic hydroxyl groups is 5. The van der Waals surface area contributed by atoms with Gasteiger partial charge in [0.05, 0.1) is 25.4 Å². The summed E-state index contributed by atoms with van der Waals surface area (Å²) < 4.78 is 47.2. The fraction of sp³-hybridized carbons (Fsp3) is 0.821. The number of hydrogen-bond donors (Lipinski definition) is 7. The molecule has 0 spiro atoms. The van der Waals surface area contributed by atoms with Crippen molar-refractivity contribution in [2.24, 2.45) is 0 Å². The van der Waals surface area contributed by atoms with Crippen LogP contribution in [0.3, 0.4) is 0 Å². The normalized spacial score (nSPS) is 22.9. The molecule has 0 radical (unpaired) electrons. The Labute approximate surface area is 318 Å². The molecule has 1 amide bonds. The van der Waals surface area contributed by atoms with E-state index in [1.165, 1.54) is 76.7 Å². The zero-order chi connectivity index (χ0) is 39.3. The molecule has 1 fully saturated rings. The molecule has 13 nitrogen and oxygen atoms in total. The molecule has 8 unspecified atom stereocenters. The first-order chi connectivity index (χ1) is 25.4. The van der Waals surface area contributed by atoms with E-state index in [1.807, 2.05) is 19.1 Å². The van der Waals surface area contributed by atoms with Gasteiger partial charge in [0.25, 0.3) is 0 Å². The average Bonchev–Trinajstić information content (AvgIpc) is 3.12. The van der Waals surface area contributed by atoms with Crippen LogP contribution in [0.1, 0.15) is 142 Å². The first kappa shape index (κ1) is 49.3. The van der Waals surface area contributed by atoms with Crippen LogP contribution in [0.4, 0.5) is 0 Å². The third-order valence-electron chi connectivity index (χ3n) is 9.35. The van der Waals surface area contributed by atoms with Gasteiger partial charge in [-0.15, -0.1) is 0 Å². The van der Waals surface area contributed by atoms with Crippen LogP contribution >= 0.6 is 0 Å². The summed E-state index contributed by atoms with van der Waals surface area (Å²) in [7, 11) is -5.12. The number of carbonyl (C=O) groups is 1. The lowest BCUT2D eigenvalue weighted by Crippen LogP contribution is -2.61. The summed E-state index contributed by atoms with van der Waals surface area (Å²) >= 11 is 0. The Morgan fingerprint density at radius 1 is 0.792 bits per heavy atom. The van der Waals surface area contributed by atoms with Gasteiger partial charge in [-0.2, -0.15) is 8.42 Å². The molecule has 0 saturated carbocycles. The highest BCUT2D eigenvalue weighted by Gasteiger charge is 2.48. The fourth-order valence-electron chi connectivity index (χ4n) is 6.15. The monoisotopic (exact) mass is 777 g/mol. The second kappa shape index (κ2) is 30.5. The molecule has 1 aliphatic heterocycles. The van der Waals surface area contributed by atoms with E-state index in [2.05, 4.69) is 28.6 Å². The molecule has 1 heterocycles. The number of allylic oxidation sites excluding steroid dienone is 5. The van der Waals surface area contributed by atoms with Crippen LogP contribution in [0, 0.1) is 0 Å². The van der Waals surface area contributed by atoms with E-state index >= 15 is 0 Å². The van der Waals surface area contributed by atoms with E-state index in [0.29, 0.717) is 12.8 Å². The first-order valence-electron chi connectivity index (χ1n) is 19.9. The predicted molar refractivity (Wildman–Crippen MR) is 205 cm³/mol. The molecule has 8 atom stereocenters. The fourth-order valence-corrected chi connectivity index (χ4v) is 6.65. The van der Waals surface area contributed by atoms with Crippen molar-refractivity contribution in [1.29, 1.82) is 0 Å². The van der Waals surface area contributed by atoms with Crippen molar-refractivity contribution in [3.63, 3.8) is 0 Å². The topological polar surface area (TPSA) is 212 Å². The maximum Gasteiger partial charge on any atom is 0.397 e. The summed E-state index contributed by atoms with van der Waals surface area (Å²) in [6.07, 6.45) is 21.3. The minimum atomic E-state index is -5.12.